The van der Waals surface area contributed by atoms with Gasteiger partial charge in [0.2, 0.25) is 0 Å². The molecule has 0 heterocycles. The van der Waals surface area contributed by atoms with Crippen molar-refractivity contribution in [2.45, 2.75) is 51.0 Å². The standard InChI is InChI=1S/C15H22O/c1-2-3-5-10-15(16)14-11-13(14)12-8-6-4-7-9-12/h4,6-9,13-16H,2-3,5,10-11H2,1H3. The van der Waals surface area contributed by atoms with Gasteiger partial charge in [0.1, 0.15) is 0 Å². The second-order valence-corrected chi connectivity index (χ2v) is 4.98. The van der Waals surface area contributed by atoms with Crippen molar-refractivity contribution in [1.29, 1.82) is 0 Å². The molecule has 88 valence electrons. The molecule has 1 heteroatoms. The lowest BCUT2D eigenvalue weighted by atomic mass is 10.0. The fraction of sp³-hybridized carbons (Fsp3) is 0.600. The number of aliphatic hydroxyl groups is 1. The summed E-state index contributed by atoms with van der Waals surface area (Å²) in [4.78, 5) is 0. The highest BCUT2D eigenvalue weighted by Crippen LogP contribution is 2.50. The zero-order valence-electron chi connectivity index (χ0n) is 10.1. The molecule has 1 N–H and O–H groups in total. The topological polar surface area (TPSA) is 20.2 Å². The number of benzene rings is 1. The zero-order chi connectivity index (χ0) is 11.4. The van der Waals surface area contributed by atoms with Gasteiger partial charge in [-0.1, -0.05) is 56.5 Å². The van der Waals surface area contributed by atoms with Crippen LogP contribution in [0.5, 0.6) is 0 Å². The van der Waals surface area contributed by atoms with Crippen molar-refractivity contribution in [3.8, 4) is 0 Å². The van der Waals surface area contributed by atoms with Gasteiger partial charge >= 0.3 is 0 Å². The van der Waals surface area contributed by atoms with Crippen molar-refractivity contribution in [1.82, 2.24) is 0 Å². The molecule has 1 fully saturated rings. The van der Waals surface area contributed by atoms with E-state index in [0.29, 0.717) is 11.8 Å². The van der Waals surface area contributed by atoms with Crippen molar-refractivity contribution >= 4 is 0 Å². The summed E-state index contributed by atoms with van der Waals surface area (Å²) in [5.74, 6) is 1.15. The van der Waals surface area contributed by atoms with Gasteiger partial charge in [-0.15, -0.1) is 0 Å². The lowest BCUT2D eigenvalue weighted by molar-refractivity contribution is 0.136. The molecule has 1 nitrogen and oxygen atoms in total. The van der Waals surface area contributed by atoms with Crippen LogP contribution in [0.3, 0.4) is 0 Å². The summed E-state index contributed by atoms with van der Waals surface area (Å²) in [7, 11) is 0. The molecule has 1 aliphatic rings. The molecule has 0 spiro atoms. The summed E-state index contributed by atoms with van der Waals surface area (Å²) in [6, 6.07) is 10.6. The summed E-state index contributed by atoms with van der Waals surface area (Å²) in [6.07, 6.45) is 5.76. The van der Waals surface area contributed by atoms with Gasteiger partial charge in [0.25, 0.3) is 0 Å². The molecule has 1 saturated carbocycles. The largest absolute Gasteiger partial charge is 0.393 e. The van der Waals surface area contributed by atoms with E-state index in [1.807, 2.05) is 0 Å². The van der Waals surface area contributed by atoms with Crippen molar-refractivity contribution in [2.24, 2.45) is 5.92 Å². The molecule has 1 aliphatic carbocycles. The van der Waals surface area contributed by atoms with E-state index in [0.717, 1.165) is 6.42 Å². The molecule has 0 radical (unpaired) electrons. The zero-order valence-corrected chi connectivity index (χ0v) is 10.1. The second kappa shape index (κ2) is 5.49. The molecular formula is C15H22O. The summed E-state index contributed by atoms with van der Waals surface area (Å²) in [5, 5.41) is 10.0. The van der Waals surface area contributed by atoms with E-state index < -0.39 is 0 Å². The smallest absolute Gasteiger partial charge is 0.0574 e. The van der Waals surface area contributed by atoms with E-state index in [-0.39, 0.29) is 6.10 Å². The maximum atomic E-state index is 10.0. The van der Waals surface area contributed by atoms with Crippen molar-refractivity contribution < 1.29 is 5.11 Å². The quantitative estimate of drug-likeness (QED) is 0.721. The van der Waals surface area contributed by atoms with E-state index in [2.05, 4.69) is 37.3 Å². The average molecular weight is 218 g/mol. The molecule has 16 heavy (non-hydrogen) atoms. The normalized spacial score (nSPS) is 25.4. The molecule has 0 aliphatic heterocycles. The van der Waals surface area contributed by atoms with Crippen molar-refractivity contribution in [3.05, 3.63) is 35.9 Å². The first-order valence-corrected chi connectivity index (χ1v) is 6.56. The van der Waals surface area contributed by atoms with E-state index >= 15 is 0 Å². The summed E-state index contributed by atoms with van der Waals surface area (Å²) in [5.41, 5.74) is 1.40. The van der Waals surface area contributed by atoms with Gasteiger partial charge in [-0.3, -0.25) is 0 Å². The number of hydrogen-bond acceptors (Lipinski definition) is 1. The number of hydrogen-bond donors (Lipinski definition) is 1. The third-order valence-corrected chi connectivity index (χ3v) is 3.67. The minimum Gasteiger partial charge on any atom is -0.393 e. The van der Waals surface area contributed by atoms with Crippen LogP contribution in [0.4, 0.5) is 0 Å². The maximum Gasteiger partial charge on any atom is 0.0574 e. The van der Waals surface area contributed by atoms with Crippen LogP contribution in [-0.2, 0) is 0 Å². The lowest BCUT2D eigenvalue weighted by Crippen LogP contribution is -2.10. The first-order chi connectivity index (χ1) is 7.83. The van der Waals surface area contributed by atoms with E-state index in [9.17, 15) is 5.11 Å². The Balaban J connectivity index is 1.78. The van der Waals surface area contributed by atoms with Crippen LogP contribution >= 0.6 is 0 Å². The van der Waals surface area contributed by atoms with Crippen LogP contribution in [0.25, 0.3) is 0 Å². The first kappa shape index (κ1) is 11.7. The van der Waals surface area contributed by atoms with Gasteiger partial charge in [0.05, 0.1) is 6.10 Å². The Morgan fingerprint density at radius 3 is 2.69 bits per heavy atom. The third-order valence-electron chi connectivity index (χ3n) is 3.67. The van der Waals surface area contributed by atoms with Gasteiger partial charge in [-0.25, -0.2) is 0 Å². The third kappa shape index (κ3) is 2.85. The molecular weight excluding hydrogens is 196 g/mol. The molecule has 2 rings (SSSR count). The van der Waals surface area contributed by atoms with E-state index in [1.165, 1.54) is 31.2 Å². The molecule has 1 aromatic rings. The predicted molar refractivity (Wildman–Crippen MR) is 67.4 cm³/mol. The SMILES string of the molecule is CCCCCC(O)C1CC1c1ccccc1. The Hall–Kier alpha value is -0.820. The van der Waals surface area contributed by atoms with Crippen LogP contribution in [0, 0.1) is 5.92 Å². The number of unbranched alkanes of at least 4 members (excludes halogenated alkanes) is 2. The van der Waals surface area contributed by atoms with E-state index in [4.69, 9.17) is 0 Å². The highest BCUT2D eigenvalue weighted by atomic mass is 16.3. The van der Waals surface area contributed by atoms with Gasteiger partial charge in [0.15, 0.2) is 0 Å². The van der Waals surface area contributed by atoms with Crippen molar-refractivity contribution in [2.75, 3.05) is 0 Å². The van der Waals surface area contributed by atoms with Crippen LogP contribution in [0.2, 0.25) is 0 Å². The minimum absolute atomic E-state index is 0.0724. The maximum absolute atomic E-state index is 10.0. The first-order valence-electron chi connectivity index (χ1n) is 6.56. The predicted octanol–water partition coefficient (Wildman–Crippen LogP) is 3.73. The molecule has 1 aromatic carbocycles. The number of rotatable bonds is 6. The van der Waals surface area contributed by atoms with Crippen LogP contribution < -0.4 is 0 Å². The van der Waals surface area contributed by atoms with Crippen molar-refractivity contribution in [3.63, 3.8) is 0 Å². The average Bonchev–Trinajstić information content (AvgIpc) is 3.10. The van der Waals surface area contributed by atoms with E-state index in [1.54, 1.807) is 0 Å². The summed E-state index contributed by atoms with van der Waals surface area (Å²) in [6.45, 7) is 2.20. The molecule has 3 unspecified atom stereocenters. The molecule has 0 bridgehead atoms. The fourth-order valence-electron chi connectivity index (χ4n) is 2.54. The minimum atomic E-state index is -0.0724. The second-order valence-electron chi connectivity index (χ2n) is 4.98. The van der Waals surface area contributed by atoms with Crippen LogP contribution in [-0.4, -0.2) is 11.2 Å². The lowest BCUT2D eigenvalue weighted by Gasteiger charge is -2.09. The highest BCUT2D eigenvalue weighted by Gasteiger charge is 2.42. The van der Waals surface area contributed by atoms with Gasteiger partial charge in [-0.2, -0.15) is 0 Å². The molecule has 0 aromatic heterocycles. The Labute approximate surface area is 98.5 Å². The molecule has 0 amide bonds. The molecule has 0 saturated heterocycles. The molecule has 3 atom stereocenters. The highest BCUT2D eigenvalue weighted by molar-refractivity contribution is 5.26. The Kier molecular flexibility index (Phi) is 4.00. The summed E-state index contributed by atoms with van der Waals surface area (Å²) >= 11 is 0. The Morgan fingerprint density at radius 1 is 1.25 bits per heavy atom. The van der Waals surface area contributed by atoms with Gasteiger partial charge < -0.3 is 5.11 Å². The monoisotopic (exact) mass is 218 g/mol. The van der Waals surface area contributed by atoms with Crippen LogP contribution in [0.15, 0.2) is 30.3 Å². The Bertz CT molecular complexity index is 306. The summed E-state index contributed by atoms with van der Waals surface area (Å²) < 4.78 is 0. The van der Waals surface area contributed by atoms with Crippen LogP contribution in [0.1, 0.15) is 50.5 Å². The fourth-order valence-corrected chi connectivity index (χ4v) is 2.54. The van der Waals surface area contributed by atoms with Gasteiger partial charge in [0, 0.05) is 0 Å². The van der Waals surface area contributed by atoms with Gasteiger partial charge in [-0.05, 0) is 30.2 Å². The number of aliphatic hydroxyl groups excluding tert-OH is 1. The Morgan fingerprint density at radius 2 is 2.00 bits per heavy atom.